The molecule has 1 N–H and O–H groups in total. The van der Waals surface area contributed by atoms with Crippen LogP contribution in [0.1, 0.15) is 16.2 Å². The number of benzene rings is 2. The predicted octanol–water partition coefficient (Wildman–Crippen LogP) is 3.97. The summed E-state index contributed by atoms with van der Waals surface area (Å²) in [7, 11) is 0. The van der Waals surface area contributed by atoms with Crippen molar-refractivity contribution in [2.45, 2.75) is 6.54 Å². The summed E-state index contributed by atoms with van der Waals surface area (Å²) in [5, 5.41) is 11.6. The van der Waals surface area contributed by atoms with Gasteiger partial charge in [0.15, 0.2) is 0 Å². The van der Waals surface area contributed by atoms with Gasteiger partial charge in [-0.1, -0.05) is 35.3 Å². The van der Waals surface area contributed by atoms with E-state index < -0.39 is 0 Å². The summed E-state index contributed by atoms with van der Waals surface area (Å²) in [5.41, 5.74) is 1.15. The summed E-state index contributed by atoms with van der Waals surface area (Å²) in [4.78, 5) is 12.1. The van der Waals surface area contributed by atoms with Crippen LogP contribution in [0.4, 0.5) is 0 Å². The quantitative estimate of drug-likeness (QED) is 0.775. The summed E-state index contributed by atoms with van der Waals surface area (Å²) in [5.74, 6) is 0.362. The largest absolute Gasteiger partial charge is 0.419 e. The Balaban J connectivity index is 1.67. The van der Waals surface area contributed by atoms with Crippen LogP contribution in [0, 0.1) is 0 Å². The van der Waals surface area contributed by atoms with Crippen molar-refractivity contribution in [1.29, 1.82) is 0 Å². The number of carbonyl (C=O) groups is 1. The second-order valence-electron chi connectivity index (χ2n) is 4.67. The molecule has 1 heterocycles. The van der Waals surface area contributed by atoms with Gasteiger partial charge in [0, 0.05) is 10.6 Å². The van der Waals surface area contributed by atoms with Crippen LogP contribution in [0.25, 0.3) is 11.5 Å². The maximum absolute atomic E-state index is 12.1. The second-order valence-corrected chi connectivity index (χ2v) is 5.51. The Morgan fingerprint density at radius 1 is 1.04 bits per heavy atom. The standard InChI is InChI=1S/C16H11Cl2N3O2/c17-11-7-5-10(6-8-11)16-21-20-14(23-16)9-19-15(22)12-3-1-2-4-13(12)18/h1-8H,9H2,(H,19,22). The van der Waals surface area contributed by atoms with Crippen LogP contribution in [0.5, 0.6) is 0 Å². The maximum atomic E-state index is 12.1. The van der Waals surface area contributed by atoms with Crippen LogP contribution >= 0.6 is 23.2 Å². The molecule has 0 bridgehead atoms. The molecule has 0 saturated heterocycles. The number of amides is 1. The van der Waals surface area contributed by atoms with Gasteiger partial charge in [-0.25, -0.2) is 0 Å². The third kappa shape index (κ3) is 3.70. The number of nitrogens with zero attached hydrogens (tertiary/aromatic N) is 2. The summed E-state index contributed by atoms with van der Waals surface area (Å²) in [6.07, 6.45) is 0. The fourth-order valence-corrected chi connectivity index (χ4v) is 2.28. The van der Waals surface area contributed by atoms with Crippen molar-refractivity contribution in [3.05, 3.63) is 70.0 Å². The minimum absolute atomic E-state index is 0.116. The molecule has 3 rings (SSSR count). The van der Waals surface area contributed by atoms with Crippen LogP contribution in [0.2, 0.25) is 10.0 Å². The highest BCUT2D eigenvalue weighted by molar-refractivity contribution is 6.33. The number of nitrogens with one attached hydrogen (secondary N) is 1. The van der Waals surface area contributed by atoms with Crippen molar-refractivity contribution >= 4 is 29.1 Å². The van der Waals surface area contributed by atoms with Gasteiger partial charge in [0.2, 0.25) is 11.8 Å². The van der Waals surface area contributed by atoms with Gasteiger partial charge >= 0.3 is 0 Å². The molecular weight excluding hydrogens is 337 g/mol. The number of hydrogen-bond donors (Lipinski definition) is 1. The third-order valence-electron chi connectivity index (χ3n) is 3.08. The maximum Gasteiger partial charge on any atom is 0.253 e. The zero-order valence-electron chi connectivity index (χ0n) is 11.8. The van der Waals surface area contributed by atoms with E-state index >= 15 is 0 Å². The predicted molar refractivity (Wildman–Crippen MR) is 87.4 cm³/mol. The molecule has 0 fully saturated rings. The molecule has 0 radical (unpaired) electrons. The lowest BCUT2D eigenvalue weighted by Crippen LogP contribution is -2.23. The van der Waals surface area contributed by atoms with E-state index in [0.717, 1.165) is 5.56 Å². The topological polar surface area (TPSA) is 68.0 Å². The average molecular weight is 348 g/mol. The van der Waals surface area contributed by atoms with Crippen molar-refractivity contribution in [3.63, 3.8) is 0 Å². The van der Waals surface area contributed by atoms with Crippen molar-refractivity contribution in [3.8, 4) is 11.5 Å². The Labute approximate surface area is 142 Å². The van der Waals surface area contributed by atoms with Gasteiger partial charge in [-0.3, -0.25) is 4.79 Å². The van der Waals surface area contributed by atoms with E-state index in [9.17, 15) is 4.79 Å². The fourth-order valence-electron chi connectivity index (χ4n) is 1.93. The number of halogens is 2. The second kappa shape index (κ2) is 6.81. The lowest BCUT2D eigenvalue weighted by atomic mass is 10.2. The molecule has 0 aliphatic heterocycles. The van der Waals surface area contributed by atoms with Gasteiger partial charge in [0.25, 0.3) is 5.91 Å². The molecule has 0 atom stereocenters. The van der Waals surface area contributed by atoms with E-state index in [1.54, 1.807) is 48.5 Å². The van der Waals surface area contributed by atoms with Gasteiger partial charge in [-0.15, -0.1) is 10.2 Å². The van der Waals surface area contributed by atoms with Gasteiger partial charge in [-0.2, -0.15) is 0 Å². The fraction of sp³-hybridized carbons (Fsp3) is 0.0625. The number of aromatic nitrogens is 2. The lowest BCUT2D eigenvalue weighted by molar-refractivity contribution is 0.0947. The number of carbonyl (C=O) groups excluding carboxylic acids is 1. The average Bonchev–Trinajstić information content (AvgIpc) is 3.03. The molecule has 0 aliphatic carbocycles. The van der Waals surface area contributed by atoms with E-state index in [1.807, 2.05) is 0 Å². The first-order valence-electron chi connectivity index (χ1n) is 6.74. The smallest absolute Gasteiger partial charge is 0.253 e. The Bertz CT molecular complexity index is 831. The normalized spacial score (nSPS) is 10.5. The SMILES string of the molecule is O=C(NCc1nnc(-c2ccc(Cl)cc2)o1)c1ccccc1Cl. The molecule has 0 spiro atoms. The molecule has 5 nitrogen and oxygen atoms in total. The summed E-state index contributed by atoms with van der Waals surface area (Å²) >= 11 is 11.8. The number of rotatable bonds is 4. The van der Waals surface area contributed by atoms with E-state index in [0.29, 0.717) is 27.4 Å². The summed E-state index contributed by atoms with van der Waals surface area (Å²) in [6.45, 7) is 0.116. The molecular formula is C16H11Cl2N3O2. The van der Waals surface area contributed by atoms with Crippen LogP contribution < -0.4 is 5.32 Å². The van der Waals surface area contributed by atoms with E-state index in [4.69, 9.17) is 27.6 Å². The third-order valence-corrected chi connectivity index (χ3v) is 3.66. The van der Waals surface area contributed by atoms with Crippen molar-refractivity contribution in [1.82, 2.24) is 15.5 Å². The van der Waals surface area contributed by atoms with Crippen LogP contribution in [-0.4, -0.2) is 16.1 Å². The van der Waals surface area contributed by atoms with Gasteiger partial charge < -0.3 is 9.73 Å². The van der Waals surface area contributed by atoms with Gasteiger partial charge in [-0.05, 0) is 36.4 Å². The summed E-state index contributed by atoms with van der Waals surface area (Å²) in [6, 6.07) is 13.8. The molecule has 0 aliphatic rings. The molecule has 116 valence electrons. The Morgan fingerprint density at radius 3 is 2.52 bits per heavy atom. The summed E-state index contributed by atoms with van der Waals surface area (Å²) < 4.78 is 5.51. The molecule has 23 heavy (non-hydrogen) atoms. The Kier molecular flexibility index (Phi) is 4.60. The first kappa shape index (κ1) is 15.5. The highest BCUT2D eigenvalue weighted by atomic mass is 35.5. The molecule has 0 saturated carbocycles. The number of hydrogen-bond acceptors (Lipinski definition) is 4. The minimum atomic E-state index is -0.304. The van der Waals surface area contributed by atoms with Crippen molar-refractivity contribution < 1.29 is 9.21 Å². The highest BCUT2D eigenvalue weighted by Crippen LogP contribution is 2.20. The Hall–Kier alpha value is -2.37. The molecule has 2 aromatic carbocycles. The van der Waals surface area contributed by atoms with Crippen LogP contribution in [0.15, 0.2) is 52.9 Å². The van der Waals surface area contributed by atoms with Gasteiger partial charge in [0.1, 0.15) is 0 Å². The van der Waals surface area contributed by atoms with Crippen LogP contribution in [-0.2, 0) is 6.54 Å². The van der Waals surface area contributed by atoms with E-state index in [-0.39, 0.29) is 12.5 Å². The minimum Gasteiger partial charge on any atom is -0.419 e. The monoisotopic (exact) mass is 347 g/mol. The molecule has 3 aromatic rings. The van der Waals surface area contributed by atoms with E-state index in [2.05, 4.69) is 15.5 Å². The molecule has 0 unspecified atom stereocenters. The zero-order valence-corrected chi connectivity index (χ0v) is 13.3. The van der Waals surface area contributed by atoms with Crippen LogP contribution in [0.3, 0.4) is 0 Å². The molecule has 1 amide bonds. The van der Waals surface area contributed by atoms with Crippen molar-refractivity contribution in [2.24, 2.45) is 0 Å². The highest BCUT2D eigenvalue weighted by Gasteiger charge is 2.12. The van der Waals surface area contributed by atoms with Crippen molar-refractivity contribution in [2.75, 3.05) is 0 Å². The first-order chi connectivity index (χ1) is 11.1. The zero-order chi connectivity index (χ0) is 16.2. The lowest BCUT2D eigenvalue weighted by Gasteiger charge is -2.03. The van der Waals surface area contributed by atoms with E-state index in [1.165, 1.54) is 0 Å². The molecule has 7 heteroatoms. The molecule has 1 aromatic heterocycles. The first-order valence-corrected chi connectivity index (χ1v) is 7.50. The Morgan fingerprint density at radius 2 is 1.78 bits per heavy atom. The van der Waals surface area contributed by atoms with Gasteiger partial charge in [0.05, 0.1) is 17.1 Å².